The molecule has 0 aliphatic heterocycles. The minimum atomic E-state index is -0.949. The van der Waals surface area contributed by atoms with E-state index in [1.54, 1.807) is 0 Å². The number of halogens is 1. The van der Waals surface area contributed by atoms with Crippen molar-refractivity contribution in [2.75, 3.05) is 0 Å². The van der Waals surface area contributed by atoms with Gasteiger partial charge in [0.25, 0.3) is 0 Å². The van der Waals surface area contributed by atoms with Crippen molar-refractivity contribution >= 4 is 22.4 Å². The summed E-state index contributed by atoms with van der Waals surface area (Å²) in [6, 6.07) is 21.9. The van der Waals surface area contributed by atoms with Crippen LogP contribution in [0.15, 0.2) is 66.7 Å². The molecule has 1 atom stereocenters. The summed E-state index contributed by atoms with van der Waals surface area (Å²) in [5, 5.41) is 13.9. The second kappa shape index (κ2) is 5.51. The van der Waals surface area contributed by atoms with E-state index < -0.39 is 5.60 Å². The van der Waals surface area contributed by atoms with E-state index in [0.29, 0.717) is 11.4 Å². The normalized spacial score (nSPS) is 14.0. The maximum Gasteiger partial charge on any atom is 0.0909 e. The molecule has 0 aliphatic rings. The van der Waals surface area contributed by atoms with Crippen LogP contribution in [0.5, 0.6) is 0 Å². The Balaban J connectivity index is 2.01. The first-order valence-corrected chi connectivity index (χ1v) is 7.39. The maximum atomic E-state index is 10.9. The number of rotatable bonds is 3. The highest BCUT2D eigenvalue weighted by Gasteiger charge is 2.24. The van der Waals surface area contributed by atoms with Gasteiger partial charge in [-0.15, -0.1) is 0 Å². The van der Waals surface area contributed by atoms with Crippen molar-refractivity contribution in [1.29, 1.82) is 0 Å². The standard InChI is InChI=1S/C19H17ClO/c1-19(21,16-9-5-10-17(20)12-16)13-15-8-4-7-14-6-2-3-11-18(14)15/h2-12,21H,13H2,1H3. The van der Waals surface area contributed by atoms with Crippen molar-refractivity contribution in [3.8, 4) is 0 Å². The van der Waals surface area contributed by atoms with Gasteiger partial charge in [0.15, 0.2) is 0 Å². The van der Waals surface area contributed by atoms with Crippen LogP contribution in [0.3, 0.4) is 0 Å². The van der Waals surface area contributed by atoms with Crippen LogP contribution in [0, 0.1) is 0 Å². The van der Waals surface area contributed by atoms with E-state index in [2.05, 4.69) is 24.3 Å². The van der Waals surface area contributed by atoms with Gasteiger partial charge in [0, 0.05) is 11.4 Å². The molecule has 3 rings (SSSR count). The van der Waals surface area contributed by atoms with Gasteiger partial charge >= 0.3 is 0 Å². The summed E-state index contributed by atoms with van der Waals surface area (Å²) < 4.78 is 0. The summed E-state index contributed by atoms with van der Waals surface area (Å²) in [5.41, 5.74) is 1.02. The van der Waals surface area contributed by atoms with Gasteiger partial charge in [-0.05, 0) is 41.0 Å². The average Bonchev–Trinajstić information content (AvgIpc) is 2.47. The molecule has 0 radical (unpaired) electrons. The number of fused-ring (bicyclic) bond motifs is 1. The third-order valence-electron chi connectivity index (χ3n) is 3.86. The Morgan fingerprint density at radius 1 is 0.952 bits per heavy atom. The molecule has 1 unspecified atom stereocenters. The molecule has 1 N–H and O–H groups in total. The predicted molar refractivity (Wildman–Crippen MR) is 88.7 cm³/mol. The fourth-order valence-electron chi connectivity index (χ4n) is 2.74. The average molecular weight is 297 g/mol. The summed E-state index contributed by atoms with van der Waals surface area (Å²) in [6.07, 6.45) is 0.550. The van der Waals surface area contributed by atoms with E-state index in [1.807, 2.05) is 49.4 Å². The summed E-state index contributed by atoms with van der Waals surface area (Å²) in [5.74, 6) is 0. The zero-order valence-electron chi connectivity index (χ0n) is 11.9. The molecule has 0 heterocycles. The number of hydrogen-bond acceptors (Lipinski definition) is 1. The van der Waals surface area contributed by atoms with Gasteiger partial charge in [0.2, 0.25) is 0 Å². The molecule has 0 bridgehead atoms. The van der Waals surface area contributed by atoms with Gasteiger partial charge in [-0.3, -0.25) is 0 Å². The molecule has 3 aromatic carbocycles. The summed E-state index contributed by atoms with van der Waals surface area (Å²) >= 11 is 6.04. The van der Waals surface area contributed by atoms with E-state index in [-0.39, 0.29) is 0 Å². The lowest BCUT2D eigenvalue weighted by atomic mass is 9.87. The van der Waals surface area contributed by atoms with Crippen molar-refractivity contribution < 1.29 is 5.11 Å². The van der Waals surface area contributed by atoms with Crippen LogP contribution >= 0.6 is 11.6 Å². The largest absolute Gasteiger partial charge is 0.385 e. The third kappa shape index (κ3) is 2.94. The Morgan fingerprint density at radius 3 is 2.48 bits per heavy atom. The number of aliphatic hydroxyl groups is 1. The highest BCUT2D eigenvalue weighted by molar-refractivity contribution is 6.30. The van der Waals surface area contributed by atoms with Gasteiger partial charge < -0.3 is 5.11 Å². The first kappa shape index (κ1) is 14.1. The SMILES string of the molecule is CC(O)(Cc1cccc2ccccc12)c1cccc(Cl)c1. The fourth-order valence-corrected chi connectivity index (χ4v) is 2.93. The monoisotopic (exact) mass is 296 g/mol. The Hall–Kier alpha value is -1.83. The lowest BCUT2D eigenvalue weighted by Gasteiger charge is -2.25. The molecule has 0 fully saturated rings. The van der Waals surface area contributed by atoms with Crippen LogP contribution in [0.1, 0.15) is 18.1 Å². The van der Waals surface area contributed by atoms with Crippen LogP contribution in [0.4, 0.5) is 0 Å². The van der Waals surface area contributed by atoms with E-state index in [4.69, 9.17) is 11.6 Å². The molecule has 0 saturated heterocycles. The zero-order chi connectivity index (χ0) is 14.9. The first-order valence-electron chi connectivity index (χ1n) is 7.01. The van der Waals surface area contributed by atoms with Crippen LogP contribution in [-0.4, -0.2) is 5.11 Å². The van der Waals surface area contributed by atoms with Crippen LogP contribution in [0.25, 0.3) is 10.8 Å². The molecular formula is C19H17ClO. The minimum absolute atomic E-state index is 0.550. The molecule has 0 aliphatic carbocycles. The first-order chi connectivity index (χ1) is 10.1. The molecule has 21 heavy (non-hydrogen) atoms. The lowest BCUT2D eigenvalue weighted by molar-refractivity contribution is 0.0580. The molecule has 3 aromatic rings. The Kier molecular flexibility index (Phi) is 3.71. The Morgan fingerprint density at radius 2 is 1.67 bits per heavy atom. The molecule has 0 aromatic heterocycles. The van der Waals surface area contributed by atoms with E-state index in [9.17, 15) is 5.11 Å². The van der Waals surface area contributed by atoms with Crippen molar-refractivity contribution in [3.05, 3.63) is 82.9 Å². The highest BCUT2D eigenvalue weighted by Crippen LogP contribution is 2.30. The van der Waals surface area contributed by atoms with E-state index >= 15 is 0 Å². The topological polar surface area (TPSA) is 20.2 Å². The van der Waals surface area contributed by atoms with E-state index in [1.165, 1.54) is 10.8 Å². The second-order valence-electron chi connectivity index (χ2n) is 5.60. The van der Waals surface area contributed by atoms with E-state index in [0.717, 1.165) is 11.1 Å². The highest BCUT2D eigenvalue weighted by atomic mass is 35.5. The fraction of sp³-hybridized carbons (Fsp3) is 0.158. The minimum Gasteiger partial charge on any atom is -0.385 e. The van der Waals surface area contributed by atoms with Crippen molar-refractivity contribution in [3.63, 3.8) is 0 Å². The molecule has 0 amide bonds. The van der Waals surface area contributed by atoms with Crippen molar-refractivity contribution in [2.24, 2.45) is 0 Å². The van der Waals surface area contributed by atoms with Gasteiger partial charge in [0.1, 0.15) is 0 Å². The van der Waals surface area contributed by atoms with Crippen LogP contribution in [0.2, 0.25) is 5.02 Å². The molecule has 106 valence electrons. The van der Waals surface area contributed by atoms with Gasteiger partial charge in [-0.2, -0.15) is 0 Å². The quantitative estimate of drug-likeness (QED) is 0.725. The molecule has 2 heteroatoms. The summed E-state index contributed by atoms with van der Waals surface area (Å²) in [7, 11) is 0. The van der Waals surface area contributed by atoms with Gasteiger partial charge in [0.05, 0.1) is 5.60 Å². The second-order valence-corrected chi connectivity index (χ2v) is 6.04. The number of hydrogen-bond donors (Lipinski definition) is 1. The van der Waals surface area contributed by atoms with Gasteiger partial charge in [-0.25, -0.2) is 0 Å². The predicted octanol–water partition coefficient (Wildman–Crippen LogP) is 4.94. The molecular weight excluding hydrogens is 280 g/mol. The van der Waals surface area contributed by atoms with Crippen LogP contribution in [-0.2, 0) is 12.0 Å². The smallest absolute Gasteiger partial charge is 0.0909 e. The summed E-state index contributed by atoms with van der Waals surface area (Å²) in [6.45, 7) is 1.83. The zero-order valence-corrected chi connectivity index (χ0v) is 12.6. The Bertz CT molecular complexity index is 772. The van der Waals surface area contributed by atoms with Crippen molar-refractivity contribution in [1.82, 2.24) is 0 Å². The summed E-state index contributed by atoms with van der Waals surface area (Å²) in [4.78, 5) is 0. The van der Waals surface area contributed by atoms with Gasteiger partial charge in [-0.1, -0.05) is 66.2 Å². The third-order valence-corrected chi connectivity index (χ3v) is 4.10. The molecule has 1 nitrogen and oxygen atoms in total. The molecule has 0 saturated carbocycles. The van der Waals surface area contributed by atoms with Crippen molar-refractivity contribution in [2.45, 2.75) is 18.9 Å². The van der Waals surface area contributed by atoms with Crippen LogP contribution < -0.4 is 0 Å². The lowest BCUT2D eigenvalue weighted by Crippen LogP contribution is -2.24. The maximum absolute atomic E-state index is 10.9. The number of benzene rings is 3. The Labute approximate surface area is 129 Å². The molecule has 0 spiro atoms.